The van der Waals surface area contributed by atoms with Gasteiger partial charge in [0.05, 0.1) is 16.1 Å². The normalized spacial score (nSPS) is 10.6. The molecular weight excluding hydrogens is 364 g/mol. The molecule has 1 aromatic rings. The van der Waals surface area contributed by atoms with Crippen LogP contribution in [0.1, 0.15) is 10.4 Å². The number of methoxy groups -OCH3 is 1. The Morgan fingerprint density at radius 3 is 2.33 bits per heavy atom. The van der Waals surface area contributed by atoms with Gasteiger partial charge in [0.15, 0.2) is 0 Å². The highest BCUT2D eigenvalue weighted by Gasteiger charge is 2.12. The second-order valence-corrected chi connectivity index (χ2v) is 5.74. The minimum Gasteiger partial charge on any atom is -0.494 e. The molecule has 0 spiro atoms. The van der Waals surface area contributed by atoms with E-state index in [0.717, 1.165) is 15.5 Å². The highest BCUT2D eigenvalue weighted by atomic mass is 79.9. The lowest BCUT2D eigenvalue weighted by Crippen LogP contribution is -2.31. The van der Waals surface area contributed by atoms with Crippen LogP contribution in [0.3, 0.4) is 0 Å². The number of nitrogens with one attached hydrogen (secondary N) is 1. The third-order valence-electron chi connectivity index (χ3n) is 2.31. The number of rotatable bonds is 5. The average Bonchev–Trinajstić information content (AvgIpc) is 2.27. The predicted molar refractivity (Wildman–Crippen MR) is 79.3 cm³/mol. The number of benzene rings is 1. The Labute approximate surface area is 124 Å². The Hall–Kier alpha value is -0.590. The van der Waals surface area contributed by atoms with E-state index in [1.807, 2.05) is 19.0 Å². The average molecular weight is 380 g/mol. The van der Waals surface area contributed by atoms with Gasteiger partial charge < -0.3 is 15.0 Å². The number of ether oxygens (including phenoxy) is 1. The van der Waals surface area contributed by atoms with E-state index in [-0.39, 0.29) is 5.91 Å². The maximum absolute atomic E-state index is 11.9. The van der Waals surface area contributed by atoms with Gasteiger partial charge in [-0.25, -0.2) is 0 Å². The fourth-order valence-electron chi connectivity index (χ4n) is 1.38. The van der Waals surface area contributed by atoms with E-state index < -0.39 is 0 Å². The van der Waals surface area contributed by atoms with E-state index in [9.17, 15) is 4.79 Å². The van der Waals surface area contributed by atoms with Crippen LogP contribution in [0.2, 0.25) is 0 Å². The van der Waals surface area contributed by atoms with Crippen molar-refractivity contribution in [3.8, 4) is 5.75 Å². The SMILES string of the molecule is COc1c(Br)cc(C(=O)NCCN(C)C)cc1Br. The van der Waals surface area contributed by atoms with Crippen molar-refractivity contribution >= 4 is 37.8 Å². The van der Waals surface area contributed by atoms with Gasteiger partial charge in [-0.2, -0.15) is 0 Å². The zero-order valence-corrected chi connectivity index (χ0v) is 13.8. The standard InChI is InChI=1S/C12H16Br2N2O2/c1-16(2)5-4-15-12(17)8-6-9(13)11(18-3)10(14)7-8/h6-7H,4-5H2,1-3H3,(H,15,17). The Morgan fingerprint density at radius 2 is 1.89 bits per heavy atom. The smallest absolute Gasteiger partial charge is 0.251 e. The van der Waals surface area contributed by atoms with Crippen LogP contribution in [0.5, 0.6) is 5.75 Å². The van der Waals surface area contributed by atoms with E-state index in [0.29, 0.717) is 17.9 Å². The molecular formula is C12H16Br2N2O2. The maximum Gasteiger partial charge on any atom is 0.251 e. The topological polar surface area (TPSA) is 41.6 Å². The monoisotopic (exact) mass is 378 g/mol. The molecule has 18 heavy (non-hydrogen) atoms. The number of carbonyl (C=O) groups excluding carboxylic acids is 1. The van der Waals surface area contributed by atoms with Crippen LogP contribution in [0.4, 0.5) is 0 Å². The van der Waals surface area contributed by atoms with Gasteiger partial charge in [0.2, 0.25) is 0 Å². The van der Waals surface area contributed by atoms with Gasteiger partial charge in [0, 0.05) is 18.7 Å². The van der Waals surface area contributed by atoms with Crippen molar-refractivity contribution in [2.45, 2.75) is 0 Å². The summed E-state index contributed by atoms with van der Waals surface area (Å²) in [6.07, 6.45) is 0. The van der Waals surface area contributed by atoms with E-state index in [1.54, 1.807) is 19.2 Å². The van der Waals surface area contributed by atoms with E-state index >= 15 is 0 Å². The molecule has 0 aliphatic rings. The van der Waals surface area contributed by atoms with E-state index in [1.165, 1.54) is 0 Å². The predicted octanol–water partition coefficient (Wildman–Crippen LogP) is 2.51. The van der Waals surface area contributed by atoms with Gasteiger partial charge in [0.25, 0.3) is 5.91 Å². The van der Waals surface area contributed by atoms with Gasteiger partial charge in [-0.1, -0.05) is 0 Å². The summed E-state index contributed by atoms with van der Waals surface area (Å²) in [6.45, 7) is 1.43. The Balaban J connectivity index is 2.75. The molecule has 0 radical (unpaired) electrons. The molecule has 1 amide bonds. The summed E-state index contributed by atoms with van der Waals surface area (Å²) in [7, 11) is 5.51. The van der Waals surface area contributed by atoms with Crippen molar-refractivity contribution < 1.29 is 9.53 Å². The zero-order valence-electron chi connectivity index (χ0n) is 10.6. The fraction of sp³-hybridized carbons (Fsp3) is 0.417. The zero-order chi connectivity index (χ0) is 13.7. The van der Waals surface area contributed by atoms with Crippen molar-refractivity contribution in [2.24, 2.45) is 0 Å². The Bertz CT molecular complexity index is 413. The van der Waals surface area contributed by atoms with Crippen LogP contribution in [-0.2, 0) is 0 Å². The molecule has 1 aromatic carbocycles. The molecule has 0 aliphatic heterocycles. The molecule has 4 nitrogen and oxygen atoms in total. The number of carbonyl (C=O) groups is 1. The summed E-state index contributed by atoms with van der Waals surface area (Å²) >= 11 is 6.75. The third kappa shape index (κ3) is 4.26. The first kappa shape index (κ1) is 15.5. The van der Waals surface area contributed by atoms with Crippen molar-refractivity contribution in [3.63, 3.8) is 0 Å². The van der Waals surface area contributed by atoms with Crippen LogP contribution in [0.15, 0.2) is 21.1 Å². The summed E-state index contributed by atoms with van der Waals surface area (Å²) in [5.74, 6) is 0.584. The van der Waals surface area contributed by atoms with Crippen LogP contribution < -0.4 is 10.1 Å². The lowest BCUT2D eigenvalue weighted by Gasteiger charge is -2.12. The highest BCUT2D eigenvalue weighted by Crippen LogP contribution is 2.34. The summed E-state index contributed by atoms with van der Waals surface area (Å²) in [4.78, 5) is 13.9. The second-order valence-electron chi connectivity index (χ2n) is 4.03. The lowest BCUT2D eigenvalue weighted by atomic mass is 10.2. The lowest BCUT2D eigenvalue weighted by molar-refractivity contribution is 0.0951. The second kappa shape index (κ2) is 7.11. The third-order valence-corrected chi connectivity index (χ3v) is 3.49. The molecule has 1 rings (SSSR count). The number of hydrogen-bond acceptors (Lipinski definition) is 3. The molecule has 0 saturated carbocycles. The van der Waals surface area contributed by atoms with E-state index in [2.05, 4.69) is 37.2 Å². The molecule has 0 fully saturated rings. The molecule has 1 N–H and O–H groups in total. The molecule has 0 atom stereocenters. The highest BCUT2D eigenvalue weighted by molar-refractivity contribution is 9.11. The summed E-state index contributed by atoms with van der Waals surface area (Å²) in [5, 5.41) is 2.86. The largest absolute Gasteiger partial charge is 0.494 e. The molecule has 0 heterocycles. The molecule has 100 valence electrons. The van der Waals surface area contributed by atoms with Crippen LogP contribution >= 0.6 is 31.9 Å². The molecule has 6 heteroatoms. The molecule has 0 aliphatic carbocycles. The molecule has 0 aromatic heterocycles. The number of hydrogen-bond donors (Lipinski definition) is 1. The van der Waals surface area contributed by atoms with Crippen LogP contribution in [0.25, 0.3) is 0 Å². The first-order valence-corrected chi connectivity index (χ1v) is 7.00. The van der Waals surface area contributed by atoms with Crippen LogP contribution in [-0.4, -0.2) is 45.1 Å². The van der Waals surface area contributed by atoms with Gasteiger partial charge >= 0.3 is 0 Å². The molecule has 0 bridgehead atoms. The number of amides is 1. The van der Waals surface area contributed by atoms with Crippen molar-refractivity contribution in [1.82, 2.24) is 10.2 Å². The first-order chi connectivity index (χ1) is 8.45. The fourth-order valence-corrected chi connectivity index (χ4v) is 2.89. The van der Waals surface area contributed by atoms with Crippen LogP contribution in [0, 0.1) is 0 Å². The van der Waals surface area contributed by atoms with Gasteiger partial charge in [-0.05, 0) is 58.1 Å². The van der Waals surface area contributed by atoms with Crippen molar-refractivity contribution in [1.29, 1.82) is 0 Å². The summed E-state index contributed by atoms with van der Waals surface area (Å²) in [6, 6.07) is 3.49. The molecule has 0 saturated heterocycles. The maximum atomic E-state index is 11.9. The Morgan fingerprint density at radius 1 is 1.33 bits per heavy atom. The summed E-state index contributed by atoms with van der Waals surface area (Å²) in [5.41, 5.74) is 0.591. The number of likely N-dealkylation sites (N-methyl/N-ethyl adjacent to an activating group) is 1. The van der Waals surface area contributed by atoms with Gasteiger partial charge in [0.1, 0.15) is 5.75 Å². The van der Waals surface area contributed by atoms with Gasteiger partial charge in [-0.15, -0.1) is 0 Å². The quantitative estimate of drug-likeness (QED) is 0.854. The Kier molecular flexibility index (Phi) is 6.11. The van der Waals surface area contributed by atoms with Crippen molar-refractivity contribution in [3.05, 3.63) is 26.6 Å². The van der Waals surface area contributed by atoms with Gasteiger partial charge in [-0.3, -0.25) is 4.79 Å². The number of halogens is 2. The first-order valence-electron chi connectivity index (χ1n) is 5.41. The summed E-state index contributed by atoms with van der Waals surface area (Å²) < 4.78 is 6.69. The minimum atomic E-state index is -0.0964. The minimum absolute atomic E-state index is 0.0964. The van der Waals surface area contributed by atoms with E-state index in [4.69, 9.17) is 4.74 Å². The molecule has 0 unspecified atom stereocenters. The van der Waals surface area contributed by atoms with Crippen molar-refractivity contribution in [2.75, 3.05) is 34.3 Å². The number of nitrogens with zero attached hydrogens (tertiary/aromatic N) is 1.